The quantitative estimate of drug-likeness (QED) is 0.790. The zero-order valence-corrected chi connectivity index (χ0v) is 11.5. The van der Waals surface area contributed by atoms with Crippen molar-refractivity contribution in [2.24, 2.45) is 0 Å². The molecule has 0 aromatic heterocycles. The van der Waals surface area contributed by atoms with Crippen LogP contribution in [0, 0.1) is 0 Å². The summed E-state index contributed by atoms with van der Waals surface area (Å²) in [5.74, 6) is 0.141. The minimum absolute atomic E-state index is 0.141. The number of likely N-dealkylation sites (tertiary alicyclic amines) is 1. The molecular formula is C17H19NO2. The standard InChI is InChI=1S/C17H19NO2/c1-2-10-18-11-8-17(9-12-18)16(19)15(13-20-17)14-6-4-3-5-7-14/h2-7,13H,1,8-12H2. The van der Waals surface area contributed by atoms with Crippen molar-refractivity contribution in [3.05, 3.63) is 54.8 Å². The van der Waals surface area contributed by atoms with E-state index in [1.807, 2.05) is 36.4 Å². The van der Waals surface area contributed by atoms with Crippen LogP contribution in [-0.4, -0.2) is 35.9 Å². The lowest BCUT2D eigenvalue weighted by atomic mass is 9.84. The van der Waals surface area contributed by atoms with Crippen LogP contribution in [0.4, 0.5) is 0 Å². The number of Topliss-reactive ketones (excluding diaryl/α,β-unsaturated/α-hetero) is 1. The summed E-state index contributed by atoms with van der Waals surface area (Å²) in [5, 5.41) is 0. The fourth-order valence-corrected chi connectivity index (χ4v) is 2.97. The molecule has 2 heterocycles. The van der Waals surface area contributed by atoms with Crippen LogP contribution in [0.15, 0.2) is 49.2 Å². The fourth-order valence-electron chi connectivity index (χ4n) is 2.97. The van der Waals surface area contributed by atoms with E-state index in [0.717, 1.165) is 38.0 Å². The van der Waals surface area contributed by atoms with Gasteiger partial charge in [0.25, 0.3) is 0 Å². The van der Waals surface area contributed by atoms with Crippen LogP contribution in [0.3, 0.4) is 0 Å². The van der Waals surface area contributed by atoms with E-state index in [9.17, 15) is 4.79 Å². The second-order valence-corrected chi connectivity index (χ2v) is 5.43. The van der Waals surface area contributed by atoms with Gasteiger partial charge in [-0.1, -0.05) is 36.4 Å². The van der Waals surface area contributed by atoms with Gasteiger partial charge in [0.2, 0.25) is 5.78 Å². The molecule has 0 amide bonds. The lowest BCUT2D eigenvalue weighted by molar-refractivity contribution is -0.133. The summed E-state index contributed by atoms with van der Waals surface area (Å²) in [7, 11) is 0. The largest absolute Gasteiger partial charge is 0.486 e. The van der Waals surface area contributed by atoms with Gasteiger partial charge in [0, 0.05) is 32.5 Å². The Morgan fingerprint density at radius 2 is 1.95 bits per heavy atom. The van der Waals surface area contributed by atoms with E-state index in [2.05, 4.69) is 11.5 Å². The first-order valence-corrected chi connectivity index (χ1v) is 7.07. The number of benzene rings is 1. The van der Waals surface area contributed by atoms with Crippen LogP contribution in [-0.2, 0) is 9.53 Å². The van der Waals surface area contributed by atoms with Crippen molar-refractivity contribution >= 4 is 11.4 Å². The molecule has 0 radical (unpaired) electrons. The molecule has 2 aliphatic rings. The van der Waals surface area contributed by atoms with E-state index >= 15 is 0 Å². The maximum atomic E-state index is 12.7. The normalized spacial score (nSPS) is 21.6. The maximum absolute atomic E-state index is 12.7. The average Bonchev–Trinajstić information content (AvgIpc) is 2.80. The highest BCUT2D eigenvalue weighted by atomic mass is 16.5. The minimum Gasteiger partial charge on any atom is -0.486 e. The predicted molar refractivity (Wildman–Crippen MR) is 79.1 cm³/mol. The highest BCUT2D eigenvalue weighted by Gasteiger charge is 2.47. The second kappa shape index (κ2) is 5.25. The average molecular weight is 269 g/mol. The van der Waals surface area contributed by atoms with Crippen molar-refractivity contribution in [3.63, 3.8) is 0 Å². The Bertz CT molecular complexity index is 539. The molecule has 0 bridgehead atoms. The van der Waals surface area contributed by atoms with Gasteiger partial charge in [-0.15, -0.1) is 6.58 Å². The van der Waals surface area contributed by atoms with Gasteiger partial charge in [0.1, 0.15) is 0 Å². The van der Waals surface area contributed by atoms with Crippen molar-refractivity contribution in [2.45, 2.75) is 18.4 Å². The second-order valence-electron chi connectivity index (χ2n) is 5.43. The highest BCUT2D eigenvalue weighted by molar-refractivity contribution is 6.26. The third-order valence-corrected chi connectivity index (χ3v) is 4.20. The van der Waals surface area contributed by atoms with Crippen LogP contribution >= 0.6 is 0 Å². The Morgan fingerprint density at radius 1 is 1.25 bits per heavy atom. The van der Waals surface area contributed by atoms with Crippen molar-refractivity contribution in [1.82, 2.24) is 4.90 Å². The number of rotatable bonds is 3. The molecule has 0 aliphatic carbocycles. The minimum atomic E-state index is -0.622. The van der Waals surface area contributed by atoms with Crippen molar-refractivity contribution in [2.75, 3.05) is 19.6 Å². The molecule has 3 nitrogen and oxygen atoms in total. The lowest BCUT2D eigenvalue weighted by Gasteiger charge is -2.37. The molecule has 1 saturated heterocycles. The number of carbonyl (C=O) groups is 1. The molecular weight excluding hydrogens is 250 g/mol. The first-order valence-electron chi connectivity index (χ1n) is 7.07. The SMILES string of the molecule is C=CCN1CCC2(CC1)OC=C(c1ccccc1)C2=O. The Hall–Kier alpha value is -1.87. The third kappa shape index (κ3) is 2.18. The molecule has 1 aromatic carbocycles. The molecule has 1 spiro atoms. The third-order valence-electron chi connectivity index (χ3n) is 4.20. The number of ketones is 1. The Kier molecular flexibility index (Phi) is 3.45. The van der Waals surface area contributed by atoms with Crippen LogP contribution in [0.2, 0.25) is 0 Å². The monoisotopic (exact) mass is 269 g/mol. The van der Waals surface area contributed by atoms with Crippen molar-refractivity contribution in [3.8, 4) is 0 Å². The number of hydrogen-bond donors (Lipinski definition) is 0. The molecule has 0 unspecified atom stereocenters. The Balaban J connectivity index is 1.74. The lowest BCUT2D eigenvalue weighted by Crippen LogP contribution is -2.48. The van der Waals surface area contributed by atoms with E-state index in [1.54, 1.807) is 6.26 Å². The van der Waals surface area contributed by atoms with Gasteiger partial charge < -0.3 is 4.74 Å². The molecule has 0 saturated carbocycles. The van der Waals surface area contributed by atoms with E-state index in [-0.39, 0.29) is 5.78 Å². The van der Waals surface area contributed by atoms with Gasteiger partial charge in [0.05, 0.1) is 11.8 Å². The first kappa shape index (κ1) is 13.1. The summed E-state index contributed by atoms with van der Waals surface area (Å²) < 4.78 is 5.82. The van der Waals surface area contributed by atoms with Gasteiger partial charge in [-0.2, -0.15) is 0 Å². The number of piperidine rings is 1. The van der Waals surface area contributed by atoms with E-state index < -0.39 is 5.60 Å². The zero-order valence-electron chi connectivity index (χ0n) is 11.5. The summed E-state index contributed by atoms with van der Waals surface area (Å²) in [4.78, 5) is 15.0. The molecule has 0 atom stereocenters. The molecule has 20 heavy (non-hydrogen) atoms. The van der Waals surface area contributed by atoms with Crippen LogP contribution in [0.25, 0.3) is 5.57 Å². The summed E-state index contributed by atoms with van der Waals surface area (Å²) in [6, 6.07) is 9.76. The van der Waals surface area contributed by atoms with Gasteiger partial charge in [0.15, 0.2) is 5.60 Å². The molecule has 3 heteroatoms. The fraction of sp³-hybridized carbons (Fsp3) is 0.353. The van der Waals surface area contributed by atoms with Crippen LogP contribution in [0.5, 0.6) is 0 Å². The highest BCUT2D eigenvalue weighted by Crippen LogP contribution is 2.38. The molecule has 1 aromatic rings. The van der Waals surface area contributed by atoms with Crippen LogP contribution < -0.4 is 0 Å². The number of ether oxygens (including phenoxy) is 1. The summed E-state index contributed by atoms with van der Waals surface area (Å²) in [6.07, 6.45) is 5.07. The first-order chi connectivity index (χ1) is 9.75. The Labute approximate surface area is 119 Å². The zero-order chi connectivity index (χ0) is 14.0. The number of carbonyl (C=O) groups excluding carboxylic acids is 1. The van der Waals surface area contributed by atoms with Crippen LogP contribution in [0.1, 0.15) is 18.4 Å². The smallest absolute Gasteiger partial charge is 0.210 e. The summed E-state index contributed by atoms with van der Waals surface area (Å²) in [6.45, 7) is 6.40. The van der Waals surface area contributed by atoms with Crippen molar-refractivity contribution < 1.29 is 9.53 Å². The topological polar surface area (TPSA) is 29.5 Å². The van der Waals surface area contributed by atoms with E-state index in [4.69, 9.17) is 4.74 Å². The summed E-state index contributed by atoms with van der Waals surface area (Å²) in [5.41, 5.74) is 1.04. The maximum Gasteiger partial charge on any atom is 0.210 e. The molecule has 1 fully saturated rings. The molecule has 0 N–H and O–H groups in total. The Morgan fingerprint density at radius 3 is 2.60 bits per heavy atom. The van der Waals surface area contributed by atoms with Gasteiger partial charge >= 0.3 is 0 Å². The number of nitrogens with zero attached hydrogens (tertiary/aromatic N) is 1. The molecule has 2 aliphatic heterocycles. The predicted octanol–water partition coefficient (Wildman–Crippen LogP) is 2.65. The van der Waals surface area contributed by atoms with Crippen molar-refractivity contribution in [1.29, 1.82) is 0 Å². The van der Waals surface area contributed by atoms with E-state index in [0.29, 0.717) is 5.57 Å². The van der Waals surface area contributed by atoms with Gasteiger partial charge in [-0.3, -0.25) is 9.69 Å². The number of hydrogen-bond acceptors (Lipinski definition) is 3. The molecule has 104 valence electrons. The molecule has 3 rings (SSSR count). The van der Waals surface area contributed by atoms with E-state index in [1.165, 1.54) is 0 Å². The van der Waals surface area contributed by atoms with Gasteiger partial charge in [-0.05, 0) is 5.56 Å². The summed E-state index contributed by atoms with van der Waals surface area (Å²) >= 11 is 0. The van der Waals surface area contributed by atoms with Gasteiger partial charge in [-0.25, -0.2) is 0 Å².